The van der Waals surface area contributed by atoms with Crippen molar-refractivity contribution in [3.8, 4) is 0 Å². The molecule has 0 fully saturated rings. The van der Waals surface area contributed by atoms with Crippen molar-refractivity contribution in [1.82, 2.24) is 19.5 Å². The Hall–Kier alpha value is -3.17. The van der Waals surface area contributed by atoms with Gasteiger partial charge in [0.2, 0.25) is 5.95 Å². The van der Waals surface area contributed by atoms with Crippen LogP contribution in [0.2, 0.25) is 0 Å². The third-order valence-electron chi connectivity index (χ3n) is 2.89. The van der Waals surface area contributed by atoms with Gasteiger partial charge in [0.1, 0.15) is 0 Å². The predicted molar refractivity (Wildman–Crippen MR) is 83.0 cm³/mol. The van der Waals surface area contributed by atoms with E-state index < -0.39 is 11.8 Å². The van der Waals surface area contributed by atoms with E-state index in [1.165, 1.54) is 0 Å². The Morgan fingerprint density at radius 1 is 1.30 bits per heavy atom. The fourth-order valence-corrected chi connectivity index (χ4v) is 1.94. The second kappa shape index (κ2) is 6.73. The van der Waals surface area contributed by atoms with Crippen LogP contribution < -0.4 is 15.6 Å². The highest BCUT2D eigenvalue weighted by atomic mass is 16.5. The second-order valence-electron chi connectivity index (χ2n) is 4.40. The molecule has 0 aliphatic heterocycles. The normalized spacial score (nSPS) is 10.5. The van der Waals surface area contributed by atoms with Gasteiger partial charge in [-0.3, -0.25) is 0 Å². The quantitative estimate of drug-likeness (QED) is 0.743. The van der Waals surface area contributed by atoms with Gasteiger partial charge in [-0.1, -0.05) is 16.7 Å². The largest absolute Gasteiger partial charge is 0.465 e. The lowest BCUT2D eigenvalue weighted by Gasteiger charge is -2.21. The minimum Gasteiger partial charge on any atom is -0.465 e. The van der Waals surface area contributed by atoms with Crippen molar-refractivity contribution in [3.05, 3.63) is 35.9 Å². The van der Waals surface area contributed by atoms with Gasteiger partial charge >= 0.3 is 11.8 Å². The molecule has 0 radical (unpaired) electrons. The van der Waals surface area contributed by atoms with Crippen LogP contribution in [0.4, 0.5) is 16.7 Å². The first-order valence-electron chi connectivity index (χ1n) is 6.77. The molecule has 0 saturated heterocycles. The molecular weight excluding hydrogens is 304 g/mol. The molecule has 2 aromatic heterocycles. The fourth-order valence-electron chi connectivity index (χ4n) is 1.94. The zero-order valence-corrected chi connectivity index (χ0v) is 12.5. The van der Waals surface area contributed by atoms with E-state index in [1.54, 1.807) is 24.0 Å². The van der Waals surface area contributed by atoms with Gasteiger partial charge in [-0.05, 0) is 6.92 Å². The standard InChI is InChI=1S/C13H16N6O4/c1-4-7-17(8-5-2)9-14-10-16-12(20)23-19(10)11(15-9)18(6-3)13(21)22/h4-5H,1-2,6-8H2,3H3,(H,21,22). The monoisotopic (exact) mass is 320 g/mol. The van der Waals surface area contributed by atoms with Crippen molar-refractivity contribution in [3.63, 3.8) is 0 Å². The Morgan fingerprint density at radius 2 is 1.96 bits per heavy atom. The van der Waals surface area contributed by atoms with Crippen LogP contribution in [0, 0.1) is 0 Å². The van der Waals surface area contributed by atoms with Crippen molar-refractivity contribution in [2.75, 3.05) is 29.4 Å². The molecule has 0 aliphatic carbocycles. The summed E-state index contributed by atoms with van der Waals surface area (Å²) in [5.41, 5.74) is 0. The molecule has 2 aromatic rings. The number of aromatic nitrogens is 4. The lowest BCUT2D eigenvalue weighted by molar-refractivity contribution is 0.200. The van der Waals surface area contributed by atoms with Gasteiger partial charge in [0, 0.05) is 19.6 Å². The molecule has 2 rings (SSSR count). The Kier molecular flexibility index (Phi) is 4.74. The number of amides is 1. The zero-order chi connectivity index (χ0) is 17.0. The van der Waals surface area contributed by atoms with Crippen LogP contribution in [0.5, 0.6) is 0 Å². The summed E-state index contributed by atoms with van der Waals surface area (Å²) >= 11 is 0. The molecule has 0 unspecified atom stereocenters. The maximum Gasteiger partial charge on any atom is 0.462 e. The SMILES string of the molecule is C=CCN(CC=C)c1nc(N(CC)C(=O)O)n2oc(=O)nc2n1. The van der Waals surface area contributed by atoms with E-state index in [0.29, 0.717) is 13.1 Å². The minimum atomic E-state index is -1.24. The minimum absolute atomic E-state index is 0.0761. The summed E-state index contributed by atoms with van der Waals surface area (Å²) in [6.07, 6.45) is 2.04. The van der Waals surface area contributed by atoms with Crippen LogP contribution in [-0.4, -0.2) is 50.4 Å². The third kappa shape index (κ3) is 3.20. The van der Waals surface area contributed by atoms with Crippen LogP contribution in [0.1, 0.15) is 6.92 Å². The predicted octanol–water partition coefficient (Wildman–Crippen LogP) is 0.760. The second-order valence-corrected chi connectivity index (χ2v) is 4.40. The molecule has 0 bridgehead atoms. The van der Waals surface area contributed by atoms with E-state index >= 15 is 0 Å². The molecular formula is C13H16N6O4. The highest BCUT2D eigenvalue weighted by Gasteiger charge is 2.23. The Labute approximate surface area is 131 Å². The maximum atomic E-state index is 11.4. The summed E-state index contributed by atoms with van der Waals surface area (Å²) in [4.78, 5) is 37.3. The van der Waals surface area contributed by atoms with Gasteiger partial charge in [0.05, 0.1) is 0 Å². The van der Waals surface area contributed by atoms with Crippen molar-refractivity contribution in [2.24, 2.45) is 0 Å². The van der Waals surface area contributed by atoms with E-state index in [0.717, 1.165) is 9.47 Å². The molecule has 122 valence electrons. The zero-order valence-electron chi connectivity index (χ0n) is 12.5. The van der Waals surface area contributed by atoms with Crippen molar-refractivity contribution >= 4 is 23.8 Å². The van der Waals surface area contributed by atoms with E-state index in [9.17, 15) is 14.7 Å². The Morgan fingerprint density at radius 3 is 2.48 bits per heavy atom. The van der Waals surface area contributed by atoms with Crippen molar-refractivity contribution in [1.29, 1.82) is 0 Å². The number of fused-ring (bicyclic) bond motifs is 1. The lowest BCUT2D eigenvalue weighted by Crippen LogP contribution is -2.33. The first-order chi connectivity index (χ1) is 11.0. The van der Waals surface area contributed by atoms with Crippen molar-refractivity contribution < 1.29 is 14.4 Å². The number of hydrogen-bond acceptors (Lipinski definition) is 7. The lowest BCUT2D eigenvalue weighted by atomic mass is 10.4. The third-order valence-corrected chi connectivity index (χ3v) is 2.89. The molecule has 0 atom stereocenters. The van der Waals surface area contributed by atoms with Crippen LogP contribution >= 0.6 is 0 Å². The van der Waals surface area contributed by atoms with Gasteiger partial charge in [0.25, 0.3) is 11.7 Å². The van der Waals surface area contributed by atoms with Crippen LogP contribution in [0.3, 0.4) is 0 Å². The average Bonchev–Trinajstić information content (AvgIpc) is 2.87. The molecule has 0 saturated carbocycles. The first kappa shape index (κ1) is 16.2. The highest BCUT2D eigenvalue weighted by Crippen LogP contribution is 2.17. The smallest absolute Gasteiger partial charge is 0.462 e. The average molecular weight is 320 g/mol. The van der Waals surface area contributed by atoms with Gasteiger partial charge in [-0.25, -0.2) is 14.5 Å². The summed E-state index contributed by atoms with van der Waals surface area (Å²) in [5, 5.41) is 9.30. The van der Waals surface area contributed by atoms with Crippen molar-refractivity contribution in [2.45, 2.75) is 6.92 Å². The van der Waals surface area contributed by atoms with Gasteiger partial charge in [-0.15, -0.1) is 18.1 Å². The van der Waals surface area contributed by atoms with E-state index in [-0.39, 0.29) is 24.2 Å². The summed E-state index contributed by atoms with van der Waals surface area (Å²) in [5.74, 6) is -0.883. The highest BCUT2D eigenvalue weighted by molar-refractivity contribution is 5.83. The Bertz CT molecular complexity index is 785. The number of anilines is 2. The molecule has 1 amide bonds. The van der Waals surface area contributed by atoms with E-state index in [4.69, 9.17) is 4.52 Å². The maximum absolute atomic E-state index is 11.4. The van der Waals surface area contributed by atoms with Gasteiger partial charge < -0.3 is 14.5 Å². The molecule has 2 heterocycles. The summed E-state index contributed by atoms with van der Waals surface area (Å²) in [7, 11) is 0. The molecule has 10 heteroatoms. The van der Waals surface area contributed by atoms with E-state index in [2.05, 4.69) is 28.1 Å². The number of nitrogens with zero attached hydrogens (tertiary/aromatic N) is 6. The van der Waals surface area contributed by atoms with E-state index in [1.807, 2.05) is 0 Å². The molecule has 1 N–H and O–H groups in total. The number of rotatable bonds is 7. The summed E-state index contributed by atoms with van der Waals surface area (Å²) in [6.45, 7) is 9.84. The topological polar surface area (TPSA) is 117 Å². The van der Waals surface area contributed by atoms with Crippen LogP contribution in [0.25, 0.3) is 5.78 Å². The summed E-state index contributed by atoms with van der Waals surface area (Å²) < 4.78 is 5.74. The number of carboxylic acid groups (broad SMARTS) is 1. The molecule has 0 aromatic carbocycles. The molecule has 10 nitrogen and oxygen atoms in total. The molecule has 0 aliphatic rings. The fraction of sp³-hybridized carbons (Fsp3) is 0.308. The number of carbonyl (C=O) groups is 1. The number of hydrogen-bond donors (Lipinski definition) is 1. The van der Waals surface area contributed by atoms with Crippen LogP contribution in [-0.2, 0) is 0 Å². The van der Waals surface area contributed by atoms with Gasteiger partial charge in [-0.2, -0.15) is 9.97 Å². The summed E-state index contributed by atoms with van der Waals surface area (Å²) in [6, 6.07) is 0. The Balaban J connectivity index is 2.68. The molecule has 23 heavy (non-hydrogen) atoms. The first-order valence-corrected chi connectivity index (χ1v) is 6.77. The van der Waals surface area contributed by atoms with Crippen LogP contribution in [0.15, 0.2) is 34.6 Å². The molecule has 0 spiro atoms. The van der Waals surface area contributed by atoms with Gasteiger partial charge in [0.15, 0.2) is 0 Å².